The lowest BCUT2D eigenvalue weighted by atomic mass is 10.1. The number of nitrogens with one attached hydrogen (secondary N) is 1. The van der Waals surface area contributed by atoms with E-state index >= 15 is 0 Å². The summed E-state index contributed by atoms with van der Waals surface area (Å²) < 4.78 is 19.1. The summed E-state index contributed by atoms with van der Waals surface area (Å²) >= 11 is 0. The number of H-pyrrole nitrogens is 1. The lowest BCUT2D eigenvalue weighted by Gasteiger charge is -2.06. The van der Waals surface area contributed by atoms with Crippen LogP contribution < -0.4 is 4.74 Å². The number of amides is 1. The molecule has 7 heteroatoms. The second kappa shape index (κ2) is 7.93. The van der Waals surface area contributed by atoms with E-state index in [9.17, 15) is 14.3 Å². The van der Waals surface area contributed by atoms with E-state index in [0.717, 1.165) is 11.3 Å². The number of azo groups is 1. The van der Waals surface area contributed by atoms with Gasteiger partial charge in [-0.05, 0) is 48.0 Å². The normalized spacial score (nSPS) is 11.2. The van der Waals surface area contributed by atoms with Gasteiger partial charge in [-0.2, -0.15) is 0 Å². The summed E-state index contributed by atoms with van der Waals surface area (Å²) in [6, 6.07) is 20.2. The first-order chi connectivity index (χ1) is 14.1. The molecule has 0 saturated carbocycles. The van der Waals surface area contributed by atoms with Gasteiger partial charge < -0.3 is 14.8 Å². The number of aromatic hydroxyl groups is 1. The van der Waals surface area contributed by atoms with Gasteiger partial charge in [0.05, 0.1) is 5.52 Å². The minimum absolute atomic E-state index is 0.0146. The van der Waals surface area contributed by atoms with Gasteiger partial charge in [0.1, 0.15) is 18.2 Å². The molecule has 0 aliphatic heterocycles. The van der Waals surface area contributed by atoms with Crippen molar-refractivity contribution >= 4 is 22.5 Å². The maximum atomic E-state index is 13.5. The zero-order valence-corrected chi connectivity index (χ0v) is 15.2. The van der Waals surface area contributed by atoms with Crippen LogP contribution in [0.25, 0.3) is 10.9 Å². The van der Waals surface area contributed by atoms with Crippen LogP contribution in [0.1, 0.15) is 15.9 Å². The molecule has 1 aromatic heterocycles. The number of hydrogen-bond acceptors (Lipinski definition) is 4. The standard InChI is InChI=1S/C22H16FN3O3/c23-16-10-11-19-18(12-16)20(22(28)24-19)25-26-21(27)15-8-6-14(7-9-15)13-29-17-4-2-1-3-5-17/h1-12,24,28H,13H2. The number of benzene rings is 3. The number of hydrogen-bond donors (Lipinski definition) is 2. The van der Waals surface area contributed by atoms with Crippen molar-refractivity contribution < 1.29 is 19.0 Å². The number of carbonyl (C=O) groups is 1. The van der Waals surface area contributed by atoms with Gasteiger partial charge in [0.15, 0.2) is 5.69 Å². The summed E-state index contributed by atoms with van der Waals surface area (Å²) in [7, 11) is 0. The lowest BCUT2D eigenvalue weighted by Crippen LogP contribution is -1.98. The van der Waals surface area contributed by atoms with E-state index in [1.165, 1.54) is 18.2 Å². The van der Waals surface area contributed by atoms with Crippen LogP contribution in [0.3, 0.4) is 0 Å². The average molecular weight is 389 g/mol. The van der Waals surface area contributed by atoms with Gasteiger partial charge >= 0.3 is 0 Å². The first-order valence-corrected chi connectivity index (χ1v) is 8.83. The Hall–Kier alpha value is -4.00. The van der Waals surface area contributed by atoms with Crippen molar-refractivity contribution in [1.29, 1.82) is 0 Å². The Morgan fingerprint density at radius 3 is 2.55 bits per heavy atom. The van der Waals surface area contributed by atoms with E-state index in [1.54, 1.807) is 24.3 Å². The number of carbonyl (C=O) groups excluding carboxylic acids is 1. The molecule has 2 N–H and O–H groups in total. The molecule has 0 bridgehead atoms. The summed E-state index contributed by atoms with van der Waals surface area (Å²) in [6.07, 6.45) is 0. The lowest BCUT2D eigenvalue weighted by molar-refractivity contribution is 0.0995. The van der Waals surface area contributed by atoms with Gasteiger partial charge in [0.25, 0.3) is 5.91 Å². The molecule has 4 rings (SSSR count). The van der Waals surface area contributed by atoms with Gasteiger partial charge in [-0.15, -0.1) is 10.2 Å². The number of rotatable bonds is 5. The molecule has 29 heavy (non-hydrogen) atoms. The minimum atomic E-state index is -0.578. The molecule has 0 atom stereocenters. The van der Waals surface area contributed by atoms with Crippen LogP contribution in [-0.4, -0.2) is 16.0 Å². The molecule has 0 unspecified atom stereocenters. The Balaban J connectivity index is 1.46. The molecule has 0 saturated heterocycles. The molecule has 3 aromatic carbocycles. The Morgan fingerprint density at radius 2 is 1.79 bits per heavy atom. The zero-order chi connectivity index (χ0) is 20.2. The fourth-order valence-corrected chi connectivity index (χ4v) is 2.82. The smallest absolute Gasteiger partial charge is 0.295 e. The molecular formula is C22H16FN3O3. The van der Waals surface area contributed by atoms with Crippen molar-refractivity contribution in [3.05, 3.63) is 89.7 Å². The number of halogens is 1. The highest BCUT2D eigenvalue weighted by molar-refractivity contribution is 5.97. The second-order valence-electron chi connectivity index (χ2n) is 6.32. The van der Waals surface area contributed by atoms with Gasteiger partial charge in [0, 0.05) is 10.9 Å². The third-order valence-electron chi connectivity index (χ3n) is 4.30. The molecule has 0 aliphatic rings. The van der Waals surface area contributed by atoms with Crippen molar-refractivity contribution in [2.24, 2.45) is 10.2 Å². The number of aromatic nitrogens is 1. The molecule has 1 amide bonds. The maximum absolute atomic E-state index is 13.5. The van der Waals surface area contributed by atoms with Crippen LogP contribution in [0, 0.1) is 5.82 Å². The molecule has 0 radical (unpaired) electrons. The Kier molecular flexibility index (Phi) is 5.03. The molecule has 0 aliphatic carbocycles. The fraction of sp³-hybridized carbons (Fsp3) is 0.0455. The highest BCUT2D eigenvalue weighted by Crippen LogP contribution is 2.35. The van der Waals surface area contributed by atoms with Gasteiger partial charge in [0.2, 0.25) is 5.88 Å². The van der Waals surface area contributed by atoms with Crippen LogP contribution in [0.2, 0.25) is 0 Å². The zero-order valence-electron chi connectivity index (χ0n) is 15.2. The third kappa shape index (κ3) is 4.14. The molecule has 1 heterocycles. The predicted octanol–water partition coefficient (Wildman–Crippen LogP) is 5.52. The third-order valence-corrected chi connectivity index (χ3v) is 4.30. The molecule has 0 fully saturated rings. The fourth-order valence-electron chi connectivity index (χ4n) is 2.82. The number of ether oxygens (including phenoxy) is 1. The number of nitrogens with zero attached hydrogens (tertiary/aromatic N) is 2. The van der Waals surface area contributed by atoms with Crippen molar-refractivity contribution in [2.45, 2.75) is 6.61 Å². The summed E-state index contributed by atoms with van der Waals surface area (Å²) in [5.41, 5.74) is 1.74. The van der Waals surface area contributed by atoms with E-state index in [4.69, 9.17) is 4.74 Å². The highest BCUT2D eigenvalue weighted by atomic mass is 19.1. The molecular weight excluding hydrogens is 373 g/mol. The van der Waals surface area contributed by atoms with Crippen LogP contribution in [0.15, 0.2) is 83.0 Å². The van der Waals surface area contributed by atoms with E-state index in [1.807, 2.05) is 30.3 Å². The Bertz CT molecular complexity index is 1190. The highest BCUT2D eigenvalue weighted by Gasteiger charge is 2.12. The van der Waals surface area contributed by atoms with Crippen LogP contribution in [0.5, 0.6) is 11.6 Å². The molecule has 6 nitrogen and oxygen atoms in total. The van der Waals surface area contributed by atoms with E-state index in [0.29, 0.717) is 23.1 Å². The molecule has 144 valence electrons. The largest absolute Gasteiger partial charge is 0.493 e. The van der Waals surface area contributed by atoms with Crippen LogP contribution in [-0.2, 0) is 6.61 Å². The van der Waals surface area contributed by atoms with Crippen molar-refractivity contribution in [3.63, 3.8) is 0 Å². The van der Waals surface area contributed by atoms with Crippen LogP contribution in [0.4, 0.5) is 10.1 Å². The van der Waals surface area contributed by atoms with E-state index < -0.39 is 11.7 Å². The first-order valence-electron chi connectivity index (χ1n) is 8.83. The van der Waals surface area contributed by atoms with Gasteiger partial charge in [-0.3, -0.25) is 4.79 Å². The maximum Gasteiger partial charge on any atom is 0.295 e. The van der Waals surface area contributed by atoms with E-state index in [2.05, 4.69) is 15.2 Å². The van der Waals surface area contributed by atoms with E-state index in [-0.39, 0.29) is 11.6 Å². The second-order valence-corrected chi connectivity index (χ2v) is 6.32. The SMILES string of the molecule is O=C(N=Nc1c(O)[nH]c2ccc(F)cc12)c1ccc(COc2ccccc2)cc1. The van der Waals surface area contributed by atoms with Crippen molar-refractivity contribution in [1.82, 2.24) is 4.98 Å². The topological polar surface area (TPSA) is 87.0 Å². The van der Waals surface area contributed by atoms with Gasteiger partial charge in [-0.1, -0.05) is 30.3 Å². The molecule has 0 spiro atoms. The quantitative estimate of drug-likeness (QED) is 0.441. The first kappa shape index (κ1) is 18.4. The van der Waals surface area contributed by atoms with Crippen LogP contribution >= 0.6 is 0 Å². The summed E-state index contributed by atoms with van der Waals surface area (Å²) in [6.45, 7) is 0.370. The van der Waals surface area contributed by atoms with Gasteiger partial charge in [-0.25, -0.2) is 4.39 Å². The minimum Gasteiger partial charge on any atom is -0.493 e. The summed E-state index contributed by atoms with van der Waals surface area (Å²) in [4.78, 5) is 14.9. The average Bonchev–Trinajstić information content (AvgIpc) is 3.06. The number of fused-ring (bicyclic) bond motifs is 1. The summed E-state index contributed by atoms with van der Waals surface area (Å²) in [5, 5.41) is 17.7. The monoisotopic (exact) mass is 389 g/mol. The molecule has 4 aromatic rings. The Morgan fingerprint density at radius 1 is 1.03 bits per heavy atom. The Labute approximate surface area is 165 Å². The van der Waals surface area contributed by atoms with Crippen molar-refractivity contribution in [2.75, 3.05) is 0 Å². The van der Waals surface area contributed by atoms with Crippen molar-refractivity contribution in [3.8, 4) is 11.6 Å². The number of aromatic amines is 1. The summed E-state index contributed by atoms with van der Waals surface area (Å²) in [5.74, 6) is -0.578. The predicted molar refractivity (Wildman–Crippen MR) is 106 cm³/mol. The number of para-hydroxylation sites is 1.